The molecule has 1 aliphatic heterocycles. The van der Waals surface area contributed by atoms with Crippen molar-refractivity contribution in [2.24, 2.45) is 10.7 Å². The molecule has 19 heavy (non-hydrogen) atoms. The smallest absolute Gasteiger partial charge is 0.244 e. The van der Waals surface area contributed by atoms with Crippen molar-refractivity contribution in [2.75, 3.05) is 13.1 Å². The second kappa shape index (κ2) is 5.43. The third-order valence-electron chi connectivity index (χ3n) is 3.68. The van der Waals surface area contributed by atoms with E-state index in [2.05, 4.69) is 16.8 Å². The van der Waals surface area contributed by atoms with Crippen molar-refractivity contribution in [2.45, 2.75) is 33.2 Å². The normalized spacial score (nSPS) is 16.4. The van der Waals surface area contributed by atoms with Gasteiger partial charge in [-0.1, -0.05) is 25.1 Å². The maximum absolute atomic E-state index is 12.0. The maximum Gasteiger partial charge on any atom is 0.244 e. The highest BCUT2D eigenvalue weighted by molar-refractivity contribution is 5.91. The van der Waals surface area contributed by atoms with Gasteiger partial charge < -0.3 is 10.6 Å². The molecule has 4 nitrogen and oxygen atoms in total. The Labute approximate surface area is 114 Å². The van der Waals surface area contributed by atoms with Crippen LogP contribution in [0.2, 0.25) is 0 Å². The Balaban J connectivity index is 2.47. The Kier molecular flexibility index (Phi) is 3.88. The first-order valence-corrected chi connectivity index (χ1v) is 6.71. The third-order valence-corrected chi connectivity index (χ3v) is 3.68. The number of nitrogens with zero attached hydrogens (tertiary/aromatic N) is 2. The van der Waals surface area contributed by atoms with E-state index in [1.807, 2.05) is 32.0 Å². The molecule has 1 aromatic rings. The van der Waals surface area contributed by atoms with Gasteiger partial charge in [0.1, 0.15) is 6.04 Å². The molecule has 2 rings (SSSR count). The molecule has 0 bridgehead atoms. The minimum Gasteiger partial charge on any atom is -0.368 e. The van der Waals surface area contributed by atoms with Gasteiger partial charge in [-0.15, -0.1) is 0 Å². The molecule has 1 amide bonds. The lowest BCUT2D eigenvalue weighted by atomic mass is 9.94. The number of aliphatic imine (C=N–C) groups is 1. The number of amidine groups is 1. The van der Waals surface area contributed by atoms with Crippen molar-refractivity contribution in [3.8, 4) is 0 Å². The van der Waals surface area contributed by atoms with Crippen molar-refractivity contribution >= 4 is 11.7 Å². The summed E-state index contributed by atoms with van der Waals surface area (Å²) in [7, 11) is 0. The Bertz CT molecular complexity index is 502. The SMILES string of the molecule is CCC1=NCCN1C(C(N)=O)c1c(C)cccc1C. The number of carbonyl (C=O) groups is 1. The van der Waals surface area contributed by atoms with Crippen molar-refractivity contribution < 1.29 is 4.79 Å². The molecule has 0 aromatic heterocycles. The minimum absolute atomic E-state index is 0.305. The van der Waals surface area contributed by atoms with Crippen LogP contribution in [0.5, 0.6) is 0 Å². The highest BCUT2D eigenvalue weighted by Gasteiger charge is 2.31. The second-order valence-corrected chi connectivity index (χ2v) is 4.96. The van der Waals surface area contributed by atoms with Crippen LogP contribution in [0.15, 0.2) is 23.2 Å². The molecule has 0 spiro atoms. The van der Waals surface area contributed by atoms with Crippen molar-refractivity contribution in [3.05, 3.63) is 34.9 Å². The zero-order chi connectivity index (χ0) is 14.0. The van der Waals surface area contributed by atoms with Gasteiger partial charge in [0.05, 0.1) is 12.4 Å². The van der Waals surface area contributed by atoms with Crippen LogP contribution in [0.25, 0.3) is 0 Å². The Morgan fingerprint density at radius 1 is 1.42 bits per heavy atom. The van der Waals surface area contributed by atoms with Crippen LogP contribution < -0.4 is 5.73 Å². The van der Waals surface area contributed by atoms with Crippen LogP contribution in [0.1, 0.15) is 36.1 Å². The van der Waals surface area contributed by atoms with E-state index < -0.39 is 6.04 Å². The zero-order valence-corrected chi connectivity index (χ0v) is 11.8. The van der Waals surface area contributed by atoms with Gasteiger partial charge in [-0.3, -0.25) is 9.79 Å². The van der Waals surface area contributed by atoms with E-state index in [0.717, 1.165) is 42.0 Å². The molecular weight excluding hydrogens is 238 g/mol. The molecule has 0 radical (unpaired) electrons. The maximum atomic E-state index is 12.0. The molecule has 0 saturated carbocycles. The monoisotopic (exact) mass is 259 g/mol. The van der Waals surface area contributed by atoms with E-state index >= 15 is 0 Å². The number of carbonyl (C=O) groups excluding carboxylic acids is 1. The molecule has 0 fully saturated rings. The molecule has 1 unspecified atom stereocenters. The van der Waals surface area contributed by atoms with Gasteiger partial charge in [-0.2, -0.15) is 0 Å². The van der Waals surface area contributed by atoms with Gasteiger partial charge in [0.25, 0.3) is 0 Å². The highest BCUT2D eigenvalue weighted by atomic mass is 16.1. The second-order valence-electron chi connectivity index (χ2n) is 4.96. The fourth-order valence-corrected chi connectivity index (χ4v) is 2.81. The van der Waals surface area contributed by atoms with Crippen LogP contribution in [0.4, 0.5) is 0 Å². The Morgan fingerprint density at radius 2 is 2.05 bits per heavy atom. The van der Waals surface area contributed by atoms with E-state index in [4.69, 9.17) is 5.73 Å². The minimum atomic E-state index is -0.401. The van der Waals surface area contributed by atoms with Crippen LogP contribution >= 0.6 is 0 Å². The standard InChI is InChI=1S/C15H21N3O/c1-4-12-17-8-9-18(12)14(15(16)19)13-10(2)6-5-7-11(13)3/h5-7,14H,4,8-9H2,1-3H3,(H2,16,19). The Morgan fingerprint density at radius 3 is 2.58 bits per heavy atom. The van der Waals surface area contributed by atoms with Crippen molar-refractivity contribution in [1.29, 1.82) is 0 Å². The summed E-state index contributed by atoms with van der Waals surface area (Å²) < 4.78 is 0. The molecule has 1 heterocycles. The van der Waals surface area contributed by atoms with Crippen molar-refractivity contribution in [3.63, 3.8) is 0 Å². The fourth-order valence-electron chi connectivity index (χ4n) is 2.81. The van der Waals surface area contributed by atoms with Gasteiger partial charge in [0.15, 0.2) is 0 Å². The van der Waals surface area contributed by atoms with Gasteiger partial charge in [-0.05, 0) is 30.5 Å². The predicted octanol–water partition coefficient (Wildman–Crippen LogP) is 1.95. The Hall–Kier alpha value is -1.84. The molecule has 102 valence electrons. The van der Waals surface area contributed by atoms with E-state index in [9.17, 15) is 4.79 Å². The van der Waals surface area contributed by atoms with Crippen LogP contribution in [0, 0.1) is 13.8 Å². The first-order chi connectivity index (χ1) is 9.06. The average molecular weight is 259 g/mol. The van der Waals surface area contributed by atoms with Crippen LogP contribution in [0.3, 0.4) is 0 Å². The molecule has 1 aromatic carbocycles. The molecule has 1 aliphatic rings. The third kappa shape index (κ3) is 2.48. The summed E-state index contributed by atoms with van der Waals surface area (Å²) in [5, 5.41) is 0. The number of primary amides is 1. The molecular formula is C15H21N3O. The summed E-state index contributed by atoms with van der Waals surface area (Å²) in [6.45, 7) is 7.62. The molecule has 4 heteroatoms. The van der Waals surface area contributed by atoms with E-state index in [0.29, 0.717) is 0 Å². The number of aryl methyl sites for hydroxylation is 2. The summed E-state index contributed by atoms with van der Waals surface area (Å²) in [5.74, 6) is 0.673. The number of benzene rings is 1. The van der Waals surface area contributed by atoms with Crippen LogP contribution in [-0.4, -0.2) is 29.7 Å². The van der Waals surface area contributed by atoms with Crippen molar-refractivity contribution in [1.82, 2.24) is 4.90 Å². The summed E-state index contributed by atoms with van der Waals surface area (Å²) in [4.78, 5) is 18.5. The molecule has 0 aliphatic carbocycles. The number of hydrogen-bond donors (Lipinski definition) is 1. The summed E-state index contributed by atoms with van der Waals surface area (Å²) in [6, 6.07) is 5.65. The van der Waals surface area contributed by atoms with Gasteiger partial charge in [-0.25, -0.2) is 0 Å². The largest absolute Gasteiger partial charge is 0.368 e. The van der Waals surface area contributed by atoms with Gasteiger partial charge >= 0.3 is 0 Å². The lowest BCUT2D eigenvalue weighted by Gasteiger charge is -2.30. The summed E-state index contributed by atoms with van der Waals surface area (Å²) in [6.07, 6.45) is 0.828. The molecule has 1 atom stereocenters. The summed E-state index contributed by atoms with van der Waals surface area (Å²) in [5.41, 5.74) is 8.90. The first kappa shape index (κ1) is 13.6. The fraction of sp³-hybridized carbons (Fsp3) is 0.467. The topological polar surface area (TPSA) is 58.7 Å². The number of amides is 1. The van der Waals surface area contributed by atoms with Crippen LogP contribution in [-0.2, 0) is 4.79 Å². The highest BCUT2D eigenvalue weighted by Crippen LogP contribution is 2.29. The molecule has 0 saturated heterocycles. The number of hydrogen-bond acceptors (Lipinski definition) is 3. The van der Waals surface area contributed by atoms with E-state index in [-0.39, 0.29) is 5.91 Å². The zero-order valence-electron chi connectivity index (χ0n) is 11.8. The van der Waals surface area contributed by atoms with Gasteiger partial charge in [0.2, 0.25) is 5.91 Å². The predicted molar refractivity (Wildman–Crippen MR) is 77.2 cm³/mol. The van der Waals surface area contributed by atoms with Gasteiger partial charge in [0, 0.05) is 13.0 Å². The first-order valence-electron chi connectivity index (χ1n) is 6.71. The lowest BCUT2D eigenvalue weighted by Crippen LogP contribution is -2.40. The lowest BCUT2D eigenvalue weighted by molar-refractivity contribution is -0.122. The summed E-state index contributed by atoms with van der Waals surface area (Å²) >= 11 is 0. The quantitative estimate of drug-likeness (QED) is 0.898. The number of rotatable bonds is 4. The average Bonchev–Trinajstić information content (AvgIpc) is 2.81. The number of nitrogens with two attached hydrogens (primary N) is 1. The molecule has 2 N–H and O–H groups in total. The van der Waals surface area contributed by atoms with E-state index in [1.54, 1.807) is 0 Å². The van der Waals surface area contributed by atoms with E-state index in [1.165, 1.54) is 0 Å².